The summed E-state index contributed by atoms with van der Waals surface area (Å²) >= 11 is 0. The smallest absolute Gasteiger partial charge is 0.337 e. The van der Waals surface area contributed by atoms with E-state index < -0.39 is 5.97 Å². The van der Waals surface area contributed by atoms with Crippen molar-refractivity contribution in [2.75, 3.05) is 37.7 Å². The maximum absolute atomic E-state index is 12.4. The summed E-state index contributed by atoms with van der Waals surface area (Å²) in [7, 11) is 0. The zero-order valence-corrected chi connectivity index (χ0v) is 15.6. The van der Waals surface area contributed by atoms with E-state index in [1.807, 2.05) is 4.90 Å². The number of carbonyl (C=O) groups excluding carboxylic acids is 1. The van der Waals surface area contributed by atoms with Gasteiger partial charge in [-0.1, -0.05) is 0 Å². The van der Waals surface area contributed by atoms with Crippen molar-refractivity contribution >= 4 is 17.7 Å². The zero-order valence-electron chi connectivity index (χ0n) is 15.6. The number of nitrogens with zero attached hydrogens (tertiary/aromatic N) is 3. The topological polar surface area (TPSA) is 83.0 Å². The SMILES string of the molecule is O=C(O)c1ccc(N2CCC3(CCC(=O)N(C[C@@H]4CCCO4)C3)CC2)nc1. The van der Waals surface area contributed by atoms with Crippen molar-refractivity contribution in [2.24, 2.45) is 5.41 Å². The number of rotatable bonds is 4. The molecule has 4 heterocycles. The molecule has 1 spiro atoms. The van der Waals surface area contributed by atoms with Gasteiger partial charge in [0.25, 0.3) is 0 Å². The number of carbonyl (C=O) groups is 2. The molecule has 0 aliphatic carbocycles. The van der Waals surface area contributed by atoms with Crippen LogP contribution in [0.4, 0.5) is 5.82 Å². The lowest BCUT2D eigenvalue weighted by molar-refractivity contribution is -0.140. The van der Waals surface area contributed by atoms with Crippen molar-refractivity contribution in [2.45, 2.75) is 44.6 Å². The third-order valence-corrected chi connectivity index (χ3v) is 6.34. The Morgan fingerprint density at radius 3 is 2.74 bits per heavy atom. The highest BCUT2D eigenvalue weighted by atomic mass is 16.5. The Kier molecular flexibility index (Phi) is 5.04. The molecule has 1 aromatic rings. The van der Waals surface area contributed by atoms with Crippen LogP contribution in [0, 0.1) is 5.41 Å². The third-order valence-electron chi connectivity index (χ3n) is 6.34. The Morgan fingerprint density at radius 2 is 2.11 bits per heavy atom. The Labute approximate surface area is 159 Å². The third kappa shape index (κ3) is 3.93. The largest absolute Gasteiger partial charge is 0.478 e. The molecule has 0 bridgehead atoms. The van der Waals surface area contributed by atoms with Gasteiger partial charge in [0.05, 0.1) is 11.7 Å². The maximum Gasteiger partial charge on any atom is 0.337 e. The molecule has 0 saturated carbocycles. The van der Waals surface area contributed by atoms with Crippen LogP contribution in [0.5, 0.6) is 0 Å². The number of piperidine rings is 2. The van der Waals surface area contributed by atoms with E-state index in [2.05, 4.69) is 9.88 Å². The number of aromatic nitrogens is 1. The van der Waals surface area contributed by atoms with Crippen LogP contribution in [-0.4, -0.2) is 65.8 Å². The van der Waals surface area contributed by atoms with E-state index in [1.165, 1.54) is 6.20 Å². The number of ether oxygens (including phenoxy) is 1. The standard InChI is InChI=1S/C20H27N3O4/c24-18-5-6-20(14-23(18)13-16-2-1-11-27-16)7-9-22(10-8-20)17-4-3-15(12-21-17)19(25)26/h3-4,12,16H,1-2,5-11,13-14H2,(H,25,26)/t16-/m0/s1. The Hall–Kier alpha value is -2.15. The van der Waals surface area contributed by atoms with Crippen molar-refractivity contribution < 1.29 is 19.4 Å². The molecule has 1 amide bonds. The average molecular weight is 373 g/mol. The van der Waals surface area contributed by atoms with Gasteiger partial charge >= 0.3 is 5.97 Å². The molecule has 0 radical (unpaired) electrons. The van der Waals surface area contributed by atoms with Crippen molar-refractivity contribution in [1.82, 2.24) is 9.88 Å². The minimum atomic E-state index is -0.954. The van der Waals surface area contributed by atoms with E-state index in [0.717, 1.165) is 70.7 Å². The molecule has 3 aliphatic heterocycles. The van der Waals surface area contributed by atoms with E-state index in [1.54, 1.807) is 12.1 Å². The number of aromatic carboxylic acids is 1. The van der Waals surface area contributed by atoms with E-state index in [0.29, 0.717) is 6.42 Å². The second kappa shape index (κ2) is 7.46. The highest BCUT2D eigenvalue weighted by Crippen LogP contribution is 2.41. The molecule has 0 unspecified atom stereocenters. The number of carboxylic acid groups (broad SMARTS) is 1. The molecule has 7 heteroatoms. The average Bonchev–Trinajstić information content (AvgIpc) is 3.19. The van der Waals surface area contributed by atoms with Gasteiger partial charge in [-0.2, -0.15) is 0 Å². The van der Waals surface area contributed by atoms with Crippen molar-refractivity contribution in [3.05, 3.63) is 23.9 Å². The first kappa shape index (κ1) is 18.2. The van der Waals surface area contributed by atoms with E-state index in [4.69, 9.17) is 9.84 Å². The number of anilines is 1. The monoisotopic (exact) mass is 373 g/mol. The highest BCUT2D eigenvalue weighted by Gasteiger charge is 2.41. The predicted octanol–water partition coefficient (Wildman–Crippen LogP) is 2.17. The minimum Gasteiger partial charge on any atom is -0.478 e. The lowest BCUT2D eigenvalue weighted by Crippen LogP contribution is -2.53. The van der Waals surface area contributed by atoms with Gasteiger partial charge < -0.3 is 19.6 Å². The molecule has 4 rings (SSSR count). The molecule has 1 atom stereocenters. The van der Waals surface area contributed by atoms with Crippen LogP contribution in [0.3, 0.4) is 0 Å². The lowest BCUT2D eigenvalue weighted by atomic mass is 9.72. The summed E-state index contributed by atoms with van der Waals surface area (Å²) in [5, 5.41) is 9.01. The first-order chi connectivity index (χ1) is 13.0. The summed E-state index contributed by atoms with van der Waals surface area (Å²) in [6.07, 6.45) is 7.45. The Bertz CT molecular complexity index is 692. The Morgan fingerprint density at radius 1 is 1.30 bits per heavy atom. The van der Waals surface area contributed by atoms with Gasteiger partial charge in [-0.15, -0.1) is 0 Å². The van der Waals surface area contributed by atoms with Crippen LogP contribution in [0.15, 0.2) is 18.3 Å². The van der Waals surface area contributed by atoms with Gasteiger partial charge in [-0.25, -0.2) is 9.78 Å². The summed E-state index contributed by atoms with van der Waals surface area (Å²) in [6, 6.07) is 3.40. The molecular weight excluding hydrogens is 346 g/mol. The molecule has 27 heavy (non-hydrogen) atoms. The first-order valence-corrected chi connectivity index (χ1v) is 9.88. The Balaban J connectivity index is 1.37. The highest BCUT2D eigenvalue weighted by molar-refractivity contribution is 5.87. The summed E-state index contributed by atoms with van der Waals surface area (Å²) in [4.78, 5) is 31.9. The zero-order chi connectivity index (χ0) is 18.9. The van der Waals surface area contributed by atoms with Gasteiger partial charge in [0.15, 0.2) is 0 Å². The molecule has 3 fully saturated rings. The quantitative estimate of drug-likeness (QED) is 0.871. The number of carboxylic acids is 1. The predicted molar refractivity (Wildman–Crippen MR) is 99.9 cm³/mol. The molecular formula is C20H27N3O4. The first-order valence-electron chi connectivity index (χ1n) is 9.88. The molecule has 3 aliphatic rings. The van der Waals surface area contributed by atoms with Crippen LogP contribution < -0.4 is 4.90 Å². The van der Waals surface area contributed by atoms with Gasteiger partial charge in [-0.05, 0) is 49.7 Å². The van der Waals surface area contributed by atoms with Crippen molar-refractivity contribution in [1.29, 1.82) is 0 Å². The molecule has 146 valence electrons. The summed E-state index contributed by atoms with van der Waals surface area (Å²) in [6.45, 7) is 4.18. The fraction of sp³-hybridized carbons (Fsp3) is 0.650. The van der Waals surface area contributed by atoms with E-state index in [9.17, 15) is 9.59 Å². The van der Waals surface area contributed by atoms with Crippen molar-refractivity contribution in [3.8, 4) is 0 Å². The van der Waals surface area contributed by atoms with Crippen LogP contribution in [-0.2, 0) is 9.53 Å². The number of amides is 1. The molecule has 1 aromatic heterocycles. The number of hydrogen-bond acceptors (Lipinski definition) is 5. The van der Waals surface area contributed by atoms with E-state index in [-0.39, 0.29) is 23.0 Å². The minimum absolute atomic E-state index is 0.198. The second-order valence-corrected chi connectivity index (χ2v) is 8.11. The molecule has 7 nitrogen and oxygen atoms in total. The van der Waals surface area contributed by atoms with Gasteiger partial charge in [-0.3, -0.25) is 4.79 Å². The van der Waals surface area contributed by atoms with Gasteiger partial charge in [0.1, 0.15) is 5.82 Å². The van der Waals surface area contributed by atoms with Crippen LogP contribution in [0.2, 0.25) is 0 Å². The van der Waals surface area contributed by atoms with Crippen molar-refractivity contribution in [3.63, 3.8) is 0 Å². The normalized spacial score (nSPS) is 25.2. The number of likely N-dealkylation sites (tertiary alicyclic amines) is 1. The summed E-state index contributed by atoms with van der Waals surface area (Å²) in [5.41, 5.74) is 0.409. The van der Waals surface area contributed by atoms with Crippen LogP contribution in [0.1, 0.15) is 48.9 Å². The van der Waals surface area contributed by atoms with Gasteiger partial charge in [0, 0.05) is 45.4 Å². The fourth-order valence-electron chi connectivity index (χ4n) is 4.62. The molecule has 3 saturated heterocycles. The molecule has 0 aromatic carbocycles. The lowest BCUT2D eigenvalue weighted by Gasteiger charge is -2.48. The summed E-state index contributed by atoms with van der Waals surface area (Å²) in [5.74, 6) is 0.146. The fourth-order valence-corrected chi connectivity index (χ4v) is 4.62. The second-order valence-electron chi connectivity index (χ2n) is 8.11. The van der Waals surface area contributed by atoms with Gasteiger partial charge in [0.2, 0.25) is 5.91 Å². The number of pyridine rings is 1. The summed E-state index contributed by atoms with van der Waals surface area (Å²) < 4.78 is 5.73. The van der Waals surface area contributed by atoms with Crippen LogP contribution >= 0.6 is 0 Å². The number of hydrogen-bond donors (Lipinski definition) is 1. The van der Waals surface area contributed by atoms with E-state index >= 15 is 0 Å². The maximum atomic E-state index is 12.4. The van der Waals surface area contributed by atoms with Crippen LogP contribution in [0.25, 0.3) is 0 Å². The molecule has 1 N–H and O–H groups in total.